The van der Waals surface area contributed by atoms with E-state index in [0.29, 0.717) is 5.54 Å². The molecule has 4 bridgehead atoms. The summed E-state index contributed by atoms with van der Waals surface area (Å²) in [5, 5.41) is 3.69. The quantitative estimate of drug-likeness (QED) is 0.748. The van der Waals surface area contributed by atoms with Crippen LogP contribution < -0.4 is 5.32 Å². The molecule has 4 fully saturated rings. The van der Waals surface area contributed by atoms with E-state index in [1.165, 1.54) is 32.1 Å². The molecule has 0 aromatic rings. The van der Waals surface area contributed by atoms with Crippen LogP contribution >= 0.6 is 0 Å². The third-order valence-electron chi connectivity index (χ3n) is 5.49. The van der Waals surface area contributed by atoms with E-state index < -0.39 is 0 Å². The lowest BCUT2D eigenvalue weighted by molar-refractivity contribution is -0.0832. The van der Waals surface area contributed by atoms with Crippen LogP contribution in [0.5, 0.6) is 0 Å². The summed E-state index contributed by atoms with van der Waals surface area (Å²) in [4.78, 5) is 0. The molecule has 4 aliphatic rings. The number of hydrogen-bond acceptors (Lipinski definition) is 1. The molecule has 0 spiro atoms. The van der Waals surface area contributed by atoms with Crippen molar-refractivity contribution in [3.8, 4) is 0 Å². The molecule has 4 aliphatic carbocycles. The summed E-state index contributed by atoms with van der Waals surface area (Å²) < 4.78 is 0. The standard InChI is InChI=1S/C14H25N/c1-3-4-13-6-11-5-12(7-13)9-14(8-11,10-13)15-2/h11-12,15H,3-10H2,1-2H3. The SMILES string of the molecule is CCCC12CC3CC(C1)CC(NC)(C3)C2. The van der Waals surface area contributed by atoms with Gasteiger partial charge in [0.2, 0.25) is 0 Å². The molecule has 15 heavy (non-hydrogen) atoms. The van der Waals surface area contributed by atoms with Crippen molar-refractivity contribution < 1.29 is 0 Å². The summed E-state index contributed by atoms with van der Waals surface area (Å²) in [6, 6.07) is 0. The third-order valence-corrected chi connectivity index (χ3v) is 5.49. The summed E-state index contributed by atoms with van der Waals surface area (Å²) in [5.74, 6) is 2.12. The molecule has 0 heterocycles. The van der Waals surface area contributed by atoms with Crippen molar-refractivity contribution in [3.63, 3.8) is 0 Å². The molecule has 1 nitrogen and oxygen atoms in total. The molecule has 0 radical (unpaired) electrons. The zero-order valence-electron chi connectivity index (χ0n) is 10.3. The van der Waals surface area contributed by atoms with E-state index in [1.807, 2.05) is 0 Å². The second kappa shape index (κ2) is 3.23. The van der Waals surface area contributed by atoms with Gasteiger partial charge in [-0.3, -0.25) is 0 Å². The molecule has 4 saturated carbocycles. The smallest absolute Gasteiger partial charge is 0.0189 e. The number of hydrogen-bond donors (Lipinski definition) is 1. The van der Waals surface area contributed by atoms with Gasteiger partial charge in [0.25, 0.3) is 0 Å². The van der Waals surface area contributed by atoms with Gasteiger partial charge in [-0.25, -0.2) is 0 Å². The summed E-state index contributed by atoms with van der Waals surface area (Å²) in [7, 11) is 2.20. The Bertz CT molecular complexity index is 244. The molecule has 86 valence electrons. The predicted molar refractivity (Wildman–Crippen MR) is 63.8 cm³/mol. The Morgan fingerprint density at radius 3 is 2.33 bits per heavy atom. The summed E-state index contributed by atoms with van der Waals surface area (Å²) in [6.45, 7) is 2.37. The van der Waals surface area contributed by atoms with Crippen molar-refractivity contribution in [2.24, 2.45) is 17.3 Å². The van der Waals surface area contributed by atoms with Crippen LogP contribution in [0.4, 0.5) is 0 Å². The molecule has 2 unspecified atom stereocenters. The minimum absolute atomic E-state index is 0.555. The zero-order chi connectivity index (χ0) is 10.5. The van der Waals surface area contributed by atoms with E-state index in [9.17, 15) is 0 Å². The van der Waals surface area contributed by atoms with Crippen LogP contribution in [0, 0.1) is 17.3 Å². The van der Waals surface area contributed by atoms with Crippen molar-refractivity contribution in [2.75, 3.05) is 7.05 Å². The van der Waals surface area contributed by atoms with Gasteiger partial charge in [0.1, 0.15) is 0 Å². The molecule has 0 saturated heterocycles. The lowest BCUT2D eigenvalue weighted by atomic mass is 9.46. The normalized spacial score (nSPS) is 52.4. The Kier molecular flexibility index (Phi) is 2.18. The minimum Gasteiger partial charge on any atom is -0.314 e. The van der Waals surface area contributed by atoms with Crippen molar-refractivity contribution >= 4 is 0 Å². The molecule has 4 rings (SSSR count). The highest BCUT2D eigenvalue weighted by molar-refractivity contribution is 5.11. The van der Waals surface area contributed by atoms with Crippen LogP contribution in [0.15, 0.2) is 0 Å². The van der Waals surface area contributed by atoms with Gasteiger partial charge in [0.05, 0.1) is 0 Å². The molecule has 0 aromatic heterocycles. The maximum absolute atomic E-state index is 3.69. The van der Waals surface area contributed by atoms with E-state index in [0.717, 1.165) is 17.3 Å². The van der Waals surface area contributed by atoms with E-state index >= 15 is 0 Å². The van der Waals surface area contributed by atoms with Crippen molar-refractivity contribution in [1.82, 2.24) is 5.32 Å². The Balaban J connectivity index is 1.88. The fourth-order valence-corrected chi connectivity index (χ4v) is 5.57. The molecule has 2 atom stereocenters. The molecular weight excluding hydrogens is 182 g/mol. The van der Waals surface area contributed by atoms with Crippen molar-refractivity contribution in [2.45, 2.75) is 63.8 Å². The van der Waals surface area contributed by atoms with Gasteiger partial charge < -0.3 is 5.32 Å². The van der Waals surface area contributed by atoms with Crippen molar-refractivity contribution in [1.29, 1.82) is 0 Å². The first-order valence-corrected chi connectivity index (χ1v) is 6.88. The largest absolute Gasteiger partial charge is 0.314 e. The first kappa shape index (κ1) is 10.1. The molecule has 0 aliphatic heterocycles. The van der Waals surface area contributed by atoms with Gasteiger partial charge in [-0.2, -0.15) is 0 Å². The second-order valence-corrected chi connectivity index (χ2v) is 6.74. The zero-order valence-corrected chi connectivity index (χ0v) is 10.3. The average molecular weight is 207 g/mol. The summed E-state index contributed by atoms with van der Waals surface area (Å²) in [6.07, 6.45) is 12.0. The van der Waals surface area contributed by atoms with Crippen LogP contribution in [0.2, 0.25) is 0 Å². The lowest BCUT2D eigenvalue weighted by Gasteiger charge is -2.62. The predicted octanol–water partition coefficient (Wildman–Crippen LogP) is 3.34. The first-order valence-electron chi connectivity index (χ1n) is 6.88. The lowest BCUT2D eigenvalue weighted by Crippen LogP contribution is -2.61. The van der Waals surface area contributed by atoms with Crippen LogP contribution in [0.1, 0.15) is 58.3 Å². The number of nitrogens with one attached hydrogen (secondary N) is 1. The van der Waals surface area contributed by atoms with Gasteiger partial charge in [0, 0.05) is 5.54 Å². The van der Waals surface area contributed by atoms with Gasteiger partial charge in [-0.15, -0.1) is 0 Å². The molecule has 0 amide bonds. The fourth-order valence-electron chi connectivity index (χ4n) is 5.57. The van der Waals surface area contributed by atoms with E-state index in [-0.39, 0.29) is 0 Å². The summed E-state index contributed by atoms with van der Waals surface area (Å²) >= 11 is 0. The van der Waals surface area contributed by atoms with Crippen LogP contribution in [-0.4, -0.2) is 12.6 Å². The highest BCUT2D eigenvalue weighted by Crippen LogP contribution is 2.62. The van der Waals surface area contributed by atoms with Crippen LogP contribution in [0.25, 0.3) is 0 Å². The van der Waals surface area contributed by atoms with E-state index in [2.05, 4.69) is 19.3 Å². The summed E-state index contributed by atoms with van der Waals surface area (Å²) in [5.41, 5.74) is 1.31. The maximum atomic E-state index is 3.69. The van der Waals surface area contributed by atoms with Gasteiger partial charge in [-0.1, -0.05) is 13.3 Å². The van der Waals surface area contributed by atoms with Gasteiger partial charge in [-0.05, 0) is 69.2 Å². The van der Waals surface area contributed by atoms with Crippen LogP contribution in [0.3, 0.4) is 0 Å². The Hall–Kier alpha value is -0.0400. The van der Waals surface area contributed by atoms with Gasteiger partial charge >= 0.3 is 0 Å². The topological polar surface area (TPSA) is 12.0 Å². The van der Waals surface area contributed by atoms with Crippen molar-refractivity contribution in [3.05, 3.63) is 0 Å². The first-order chi connectivity index (χ1) is 7.19. The van der Waals surface area contributed by atoms with Crippen LogP contribution in [-0.2, 0) is 0 Å². The van der Waals surface area contributed by atoms with E-state index in [1.54, 1.807) is 19.3 Å². The van der Waals surface area contributed by atoms with E-state index in [4.69, 9.17) is 0 Å². The average Bonchev–Trinajstić information content (AvgIpc) is 2.15. The highest BCUT2D eigenvalue weighted by atomic mass is 15.0. The Labute approximate surface area is 94.0 Å². The second-order valence-electron chi connectivity index (χ2n) is 6.74. The minimum atomic E-state index is 0.555. The third kappa shape index (κ3) is 1.46. The van der Waals surface area contributed by atoms with Gasteiger partial charge in [0.15, 0.2) is 0 Å². The number of rotatable bonds is 3. The molecule has 0 aromatic carbocycles. The Morgan fingerprint density at radius 1 is 1.13 bits per heavy atom. The molecule has 1 N–H and O–H groups in total. The fraction of sp³-hybridized carbons (Fsp3) is 1.00. The maximum Gasteiger partial charge on any atom is 0.0189 e. The molecule has 1 heteroatoms. The monoisotopic (exact) mass is 207 g/mol. The Morgan fingerprint density at radius 2 is 1.80 bits per heavy atom. The highest BCUT2D eigenvalue weighted by Gasteiger charge is 2.56. The molecular formula is C14H25N.